The Labute approximate surface area is 153 Å². The number of pyridine rings is 1. The second-order valence-corrected chi connectivity index (χ2v) is 7.37. The predicted octanol–water partition coefficient (Wildman–Crippen LogP) is 4.41. The molecule has 3 heterocycles. The molecule has 0 aliphatic carbocycles. The lowest BCUT2D eigenvalue weighted by Crippen LogP contribution is -2.41. The highest BCUT2D eigenvalue weighted by Gasteiger charge is 2.20. The first-order valence-electron chi connectivity index (χ1n) is 8.77. The van der Waals surface area contributed by atoms with Crippen molar-refractivity contribution in [1.82, 2.24) is 14.9 Å². The van der Waals surface area contributed by atoms with Crippen molar-refractivity contribution in [3.8, 4) is 11.3 Å². The SMILES string of the molecule is CN(C)C1CCN(c2ccc(-c3cc4c(Cl)ccnc4[nH]3)cc2)CC1. The molecular formula is C20H23ClN4. The number of hydrogen-bond donors (Lipinski definition) is 1. The molecule has 0 spiro atoms. The summed E-state index contributed by atoms with van der Waals surface area (Å²) in [5.74, 6) is 0. The van der Waals surface area contributed by atoms with E-state index in [4.69, 9.17) is 11.6 Å². The molecule has 5 heteroatoms. The monoisotopic (exact) mass is 354 g/mol. The van der Waals surface area contributed by atoms with Gasteiger partial charge in [-0.1, -0.05) is 23.7 Å². The van der Waals surface area contributed by atoms with E-state index in [1.165, 1.54) is 18.5 Å². The fourth-order valence-corrected chi connectivity index (χ4v) is 3.84. The summed E-state index contributed by atoms with van der Waals surface area (Å²) in [5, 5.41) is 1.70. The van der Waals surface area contributed by atoms with Gasteiger partial charge in [0.1, 0.15) is 5.65 Å². The van der Waals surface area contributed by atoms with Crippen LogP contribution in [0.1, 0.15) is 12.8 Å². The highest BCUT2D eigenvalue weighted by Crippen LogP contribution is 2.29. The number of halogens is 1. The lowest BCUT2D eigenvalue weighted by atomic mass is 10.0. The van der Waals surface area contributed by atoms with Gasteiger partial charge in [0.15, 0.2) is 0 Å². The molecule has 25 heavy (non-hydrogen) atoms. The second kappa shape index (κ2) is 6.70. The number of H-pyrrole nitrogens is 1. The molecule has 1 aromatic carbocycles. The molecule has 1 aliphatic heterocycles. The van der Waals surface area contributed by atoms with Crippen LogP contribution in [0, 0.1) is 0 Å². The minimum absolute atomic E-state index is 0.708. The number of hydrogen-bond acceptors (Lipinski definition) is 3. The fraction of sp³-hybridized carbons (Fsp3) is 0.350. The van der Waals surface area contributed by atoms with Crippen LogP contribution >= 0.6 is 11.6 Å². The van der Waals surface area contributed by atoms with E-state index >= 15 is 0 Å². The Kier molecular flexibility index (Phi) is 4.40. The van der Waals surface area contributed by atoms with Crippen LogP contribution in [0.5, 0.6) is 0 Å². The number of nitrogens with one attached hydrogen (secondary N) is 1. The van der Waals surface area contributed by atoms with Gasteiger partial charge in [0, 0.05) is 42.1 Å². The summed E-state index contributed by atoms with van der Waals surface area (Å²) in [6.45, 7) is 2.24. The molecule has 3 aromatic rings. The Morgan fingerprint density at radius 2 is 1.84 bits per heavy atom. The van der Waals surface area contributed by atoms with E-state index in [1.807, 2.05) is 6.07 Å². The van der Waals surface area contributed by atoms with Crippen molar-refractivity contribution >= 4 is 28.3 Å². The summed E-state index contributed by atoms with van der Waals surface area (Å²) < 4.78 is 0. The third-order valence-electron chi connectivity index (χ3n) is 5.22. The van der Waals surface area contributed by atoms with Crippen LogP contribution in [0.4, 0.5) is 5.69 Å². The van der Waals surface area contributed by atoms with Crippen LogP contribution in [-0.2, 0) is 0 Å². The number of anilines is 1. The van der Waals surface area contributed by atoms with Gasteiger partial charge in [-0.2, -0.15) is 0 Å². The van der Waals surface area contributed by atoms with E-state index in [0.717, 1.165) is 40.4 Å². The first-order valence-corrected chi connectivity index (χ1v) is 9.14. The number of nitrogens with zero attached hydrogens (tertiary/aromatic N) is 3. The lowest BCUT2D eigenvalue weighted by molar-refractivity contribution is 0.249. The zero-order valence-electron chi connectivity index (χ0n) is 14.7. The molecule has 2 aromatic heterocycles. The molecule has 0 amide bonds. The summed E-state index contributed by atoms with van der Waals surface area (Å²) >= 11 is 6.25. The Hall–Kier alpha value is -2.04. The number of benzene rings is 1. The maximum atomic E-state index is 6.25. The van der Waals surface area contributed by atoms with Crippen LogP contribution in [0.2, 0.25) is 5.02 Å². The number of fused-ring (bicyclic) bond motifs is 1. The molecule has 0 unspecified atom stereocenters. The largest absolute Gasteiger partial charge is 0.371 e. The van der Waals surface area contributed by atoms with Gasteiger partial charge in [0.25, 0.3) is 0 Å². The highest BCUT2D eigenvalue weighted by molar-refractivity contribution is 6.35. The van der Waals surface area contributed by atoms with Crippen molar-refractivity contribution in [3.63, 3.8) is 0 Å². The van der Waals surface area contributed by atoms with Gasteiger partial charge < -0.3 is 14.8 Å². The highest BCUT2D eigenvalue weighted by atomic mass is 35.5. The van der Waals surface area contributed by atoms with Crippen molar-refractivity contribution in [1.29, 1.82) is 0 Å². The molecule has 1 fully saturated rings. The fourth-order valence-electron chi connectivity index (χ4n) is 3.64. The molecule has 1 aliphatic rings. The lowest BCUT2D eigenvalue weighted by Gasteiger charge is -2.36. The minimum Gasteiger partial charge on any atom is -0.371 e. The zero-order valence-corrected chi connectivity index (χ0v) is 15.4. The van der Waals surface area contributed by atoms with E-state index in [-0.39, 0.29) is 0 Å². The van der Waals surface area contributed by atoms with Crippen molar-refractivity contribution < 1.29 is 0 Å². The van der Waals surface area contributed by atoms with Crippen LogP contribution < -0.4 is 4.90 Å². The third kappa shape index (κ3) is 3.24. The number of aromatic nitrogens is 2. The topological polar surface area (TPSA) is 35.2 Å². The van der Waals surface area contributed by atoms with E-state index < -0.39 is 0 Å². The van der Waals surface area contributed by atoms with Gasteiger partial charge in [0.05, 0.1) is 5.02 Å². The third-order valence-corrected chi connectivity index (χ3v) is 5.55. The Balaban J connectivity index is 1.53. The van der Waals surface area contributed by atoms with Gasteiger partial charge in [0.2, 0.25) is 0 Å². The van der Waals surface area contributed by atoms with E-state index in [1.54, 1.807) is 6.20 Å². The molecule has 0 radical (unpaired) electrons. The van der Waals surface area contributed by atoms with Crippen LogP contribution in [0.3, 0.4) is 0 Å². The summed E-state index contributed by atoms with van der Waals surface area (Å²) in [6, 6.07) is 13.4. The van der Waals surface area contributed by atoms with Crippen molar-refractivity contribution in [3.05, 3.63) is 47.6 Å². The quantitative estimate of drug-likeness (QED) is 0.756. The zero-order chi connectivity index (χ0) is 17.4. The first kappa shape index (κ1) is 16.4. The number of piperidine rings is 1. The molecule has 0 bridgehead atoms. The smallest absolute Gasteiger partial charge is 0.139 e. The van der Waals surface area contributed by atoms with Gasteiger partial charge in [-0.3, -0.25) is 0 Å². The molecule has 4 nitrogen and oxygen atoms in total. The van der Waals surface area contributed by atoms with Crippen LogP contribution in [-0.4, -0.2) is 48.1 Å². The summed E-state index contributed by atoms with van der Waals surface area (Å²) in [7, 11) is 4.35. The molecular weight excluding hydrogens is 332 g/mol. The Morgan fingerprint density at radius 3 is 2.48 bits per heavy atom. The Morgan fingerprint density at radius 1 is 1.12 bits per heavy atom. The van der Waals surface area contributed by atoms with Crippen LogP contribution in [0.15, 0.2) is 42.6 Å². The average Bonchev–Trinajstić information content (AvgIpc) is 3.08. The van der Waals surface area contributed by atoms with Crippen LogP contribution in [0.25, 0.3) is 22.3 Å². The van der Waals surface area contributed by atoms with Crippen molar-refractivity contribution in [2.75, 3.05) is 32.1 Å². The van der Waals surface area contributed by atoms with E-state index in [2.05, 4.69) is 64.2 Å². The minimum atomic E-state index is 0.708. The number of rotatable bonds is 3. The molecule has 0 atom stereocenters. The molecule has 1 saturated heterocycles. The van der Waals surface area contributed by atoms with Gasteiger partial charge in [-0.05, 0) is 56.8 Å². The van der Waals surface area contributed by atoms with Gasteiger partial charge in [-0.15, -0.1) is 0 Å². The second-order valence-electron chi connectivity index (χ2n) is 6.97. The first-order chi connectivity index (χ1) is 12.1. The molecule has 0 saturated carbocycles. The molecule has 1 N–H and O–H groups in total. The van der Waals surface area contributed by atoms with Crippen molar-refractivity contribution in [2.45, 2.75) is 18.9 Å². The van der Waals surface area contributed by atoms with E-state index in [9.17, 15) is 0 Å². The maximum Gasteiger partial charge on any atom is 0.139 e. The summed E-state index contributed by atoms with van der Waals surface area (Å²) in [4.78, 5) is 12.5. The average molecular weight is 355 g/mol. The van der Waals surface area contributed by atoms with Gasteiger partial charge >= 0.3 is 0 Å². The summed E-state index contributed by atoms with van der Waals surface area (Å²) in [5.41, 5.74) is 4.33. The van der Waals surface area contributed by atoms with E-state index in [0.29, 0.717) is 6.04 Å². The summed E-state index contributed by atoms with van der Waals surface area (Å²) in [6.07, 6.45) is 4.17. The Bertz CT molecular complexity index is 861. The maximum absolute atomic E-state index is 6.25. The molecule has 4 rings (SSSR count). The predicted molar refractivity (Wildman–Crippen MR) is 105 cm³/mol. The normalized spacial score (nSPS) is 16.1. The molecule has 130 valence electrons. The number of aromatic amines is 1. The van der Waals surface area contributed by atoms with Crippen molar-refractivity contribution in [2.24, 2.45) is 0 Å². The standard InChI is InChI=1S/C20H23ClN4/c1-24(2)15-8-11-25(12-9-15)16-5-3-14(4-6-16)19-13-17-18(21)7-10-22-20(17)23-19/h3-7,10,13,15H,8-9,11-12H2,1-2H3,(H,22,23). The van der Waals surface area contributed by atoms with Gasteiger partial charge in [-0.25, -0.2) is 4.98 Å².